The van der Waals surface area contributed by atoms with Gasteiger partial charge in [-0.3, -0.25) is 0 Å². The molecule has 0 aliphatic carbocycles. The first-order valence-corrected chi connectivity index (χ1v) is 5.52. The highest BCUT2D eigenvalue weighted by Crippen LogP contribution is 2.19. The molecule has 4 heteroatoms. The molecule has 0 aromatic rings. The van der Waals surface area contributed by atoms with Gasteiger partial charge in [0.2, 0.25) is 0 Å². The quantitative estimate of drug-likeness (QED) is 0.615. The molecule has 2 rings (SSSR count). The molecular weight excluding hydrogens is 178 g/mol. The van der Waals surface area contributed by atoms with Crippen molar-refractivity contribution in [1.29, 1.82) is 0 Å². The topological polar surface area (TPSA) is 50.5 Å². The van der Waals surface area contributed by atoms with E-state index in [0.29, 0.717) is 12.0 Å². The number of hydrogen-bond donors (Lipinski definition) is 2. The van der Waals surface area contributed by atoms with Crippen molar-refractivity contribution in [3.05, 3.63) is 0 Å². The smallest absolute Gasteiger partial charge is 0.0635 e. The van der Waals surface area contributed by atoms with Crippen molar-refractivity contribution < 1.29 is 4.74 Å². The Morgan fingerprint density at radius 2 is 2.43 bits per heavy atom. The molecule has 2 aliphatic rings. The van der Waals surface area contributed by atoms with Gasteiger partial charge in [-0.05, 0) is 25.9 Å². The lowest BCUT2D eigenvalue weighted by Gasteiger charge is -2.32. The van der Waals surface area contributed by atoms with Gasteiger partial charge < -0.3 is 20.7 Å². The molecule has 4 nitrogen and oxygen atoms in total. The zero-order chi connectivity index (χ0) is 9.97. The summed E-state index contributed by atoms with van der Waals surface area (Å²) in [4.78, 5) is 2.36. The highest BCUT2D eigenvalue weighted by atomic mass is 16.5. The Hall–Kier alpha value is -0.160. The maximum atomic E-state index is 6.25. The van der Waals surface area contributed by atoms with Gasteiger partial charge in [0.15, 0.2) is 0 Å². The van der Waals surface area contributed by atoms with Crippen LogP contribution in [-0.4, -0.2) is 56.9 Å². The van der Waals surface area contributed by atoms with Crippen molar-refractivity contribution in [2.45, 2.75) is 18.5 Å². The Kier molecular flexibility index (Phi) is 3.38. The van der Waals surface area contributed by atoms with Crippen LogP contribution in [0, 0.1) is 5.92 Å². The van der Waals surface area contributed by atoms with Crippen LogP contribution in [0.25, 0.3) is 0 Å². The molecular formula is C10H21N3O. The zero-order valence-electron chi connectivity index (χ0n) is 8.91. The van der Waals surface area contributed by atoms with Crippen LogP contribution >= 0.6 is 0 Å². The summed E-state index contributed by atoms with van der Waals surface area (Å²) in [5.41, 5.74) is 6.25. The van der Waals surface area contributed by atoms with Crippen LogP contribution in [-0.2, 0) is 4.74 Å². The van der Waals surface area contributed by atoms with Gasteiger partial charge in [-0.1, -0.05) is 0 Å². The molecule has 2 saturated heterocycles. The number of likely N-dealkylation sites (tertiary alicyclic amines) is 1. The van der Waals surface area contributed by atoms with Crippen molar-refractivity contribution in [1.82, 2.24) is 10.2 Å². The van der Waals surface area contributed by atoms with Crippen molar-refractivity contribution in [3.8, 4) is 0 Å². The monoisotopic (exact) mass is 199 g/mol. The van der Waals surface area contributed by atoms with E-state index in [0.717, 1.165) is 26.3 Å². The number of nitrogens with two attached hydrogens (primary N) is 1. The van der Waals surface area contributed by atoms with Crippen LogP contribution < -0.4 is 11.1 Å². The fourth-order valence-corrected chi connectivity index (χ4v) is 2.44. The largest absolute Gasteiger partial charge is 0.378 e. The standard InChI is InChI=1S/C10H21N3O/c1-13-4-2-8(6-13)10(11)9-7-14-5-3-12-9/h8-10,12H,2-7,11H2,1H3. The third-order valence-corrected chi connectivity index (χ3v) is 3.39. The molecule has 0 radical (unpaired) electrons. The second-order valence-corrected chi connectivity index (χ2v) is 4.52. The zero-order valence-corrected chi connectivity index (χ0v) is 8.91. The Labute approximate surface area is 85.8 Å². The van der Waals surface area contributed by atoms with E-state index in [4.69, 9.17) is 10.5 Å². The van der Waals surface area contributed by atoms with Crippen molar-refractivity contribution in [2.24, 2.45) is 11.7 Å². The minimum absolute atomic E-state index is 0.250. The molecule has 82 valence electrons. The molecule has 3 atom stereocenters. The van der Waals surface area contributed by atoms with Gasteiger partial charge in [0, 0.05) is 25.2 Å². The van der Waals surface area contributed by atoms with E-state index < -0.39 is 0 Å². The molecule has 3 unspecified atom stereocenters. The average molecular weight is 199 g/mol. The normalized spacial score (nSPS) is 37.3. The SMILES string of the molecule is CN1CCC(C(N)C2COCCN2)C1. The number of rotatable bonds is 2. The van der Waals surface area contributed by atoms with Crippen LogP contribution in [0.2, 0.25) is 0 Å². The molecule has 2 heterocycles. The molecule has 0 spiro atoms. The van der Waals surface area contributed by atoms with Gasteiger partial charge in [-0.25, -0.2) is 0 Å². The third-order valence-electron chi connectivity index (χ3n) is 3.39. The summed E-state index contributed by atoms with van der Waals surface area (Å²) < 4.78 is 5.43. The van der Waals surface area contributed by atoms with Crippen LogP contribution in [0.15, 0.2) is 0 Å². The molecule has 0 saturated carbocycles. The predicted molar refractivity (Wildman–Crippen MR) is 56.2 cm³/mol. The average Bonchev–Trinajstić information content (AvgIpc) is 2.65. The number of ether oxygens (including phenoxy) is 1. The van der Waals surface area contributed by atoms with Crippen LogP contribution in [0.3, 0.4) is 0 Å². The molecule has 2 aliphatic heterocycles. The van der Waals surface area contributed by atoms with E-state index in [1.165, 1.54) is 13.0 Å². The summed E-state index contributed by atoms with van der Waals surface area (Å²) in [6.45, 7) is 4.88. The highest BCUT2D eigenvalue weighted by Gasteiger charge is 2.31. The predicted octanol–water partition coefficient (Wildman–Crippen LogP) is -0.746. The van der Waals surface area contributed by atoms with E-state index >= 15 is 0 Å². The van der Waals surface area contributed by atoms with E-state index in [1.807, 2.05) is 0 Å². The lowest BCUT2D eigenvalue weighted by atomic mass is 9.93. The number of nitrogens with zero attached hydrogens (tertiary/aromatic N) is 1. The first-order chi connectivity index (χ1) is 6.77. The van der Waals surface area contributed by atoms with Crippen molar-refractivity contribution >= 4 is 0 Å². The fourth-order valence-electron chi connectivity index (χ4n) is 2.44. The summed E-state index contributed by atoms with van der Waals surface area (Å²) in [7, 11) is 2.16. The molecule has 0 amide bonds. The van der Waals surface area contributed by atoms with Gasteiger partial charge in [0.1, 0.15) is 0 Å². The molecule has 2 fully saturated rings. The molecule has 0 aromatic carbocycles. The van der Waals surface area contributed by atoms with Gasteiger partial charge in [0.05, 0.1) is 13.2 Å². The summed E-state index contributed by atoms with van der Waals surface area (Å²) in [6, 6.07) is 0.612. The fraction of sp³-hybridized carbons (Fsp3) is 1.00. The summed E-state index contributed by atoms with van der Waals surface area (Å²) in [5.74, 6) is 0.638. The molecule has 14 heavy (non-hydrogen) atoms. The highest BCUT2D eigenvalue weighted by molar-refractivity contribution is 4.90. The van der Waals surface area contributed by atoms with Gasteiger partial charge >= 0.3 is 0 Å². The lowest BCUT2D eigenvalue weighted by molar-refractivity contribution is 0.0613. The summed E-state index contributed by atoms with van der Waals surface area (Å²) in [5, 5.41) is 3.44. The minimum atomic E-state index is 0.250. The first-order valence-electron chi connectivity index (χ1n) is 5.52. The number of nitrogens with one attached hydrogen (secondary N) is 1. The van der Waals surface area contributed by atoms with E-state index in [-0.39, 0.29) is 6.04 Å². The third kappa shape index (κ3) is 2.25. The first kappa shape index (κ1) is 10.4. The number of morpholine rings is 1. The van der Waals surface area contributed by atoms with Crippen LogP contribution in [0.4, 0.5) is 0 Å². The van der Waals surface area contributed by atoms with E-state index in [2.05, 4.69) is 17.3 Å². The van der Waals surface area contributed by atoms with Gasteiger partial charge in [-0.15, -0.1) is 0 Å². The van der Waals surface area contributed by atoms with Crippen LogP contribution in [0.5, 0.6) is 0 Å². The maximum absolute atomic E-state index is 6.25. The Morgan fingerprint density at radius 1 is 1.57 bits per heavy atom. The maximum Gasteiger partial charge on any atom is 0.0635 e. The Balaban J connectivity index is 1.84. The second kappa shape index (κ2) is 4.57. The second-order valence-electron chi connectivity index (χ2n) is 4.52. The molecule has 0 bridgehead atoms. The molecule has 3 N–H and O–H groups in total. The minimum Gasteiger partial charge on any atom is -0.378 e. The number of hydrogen-bond acceptors (Lipinski definition) is 4. The van der Waals surface area contributed by atoms with Crippen LogP contribution in [0.1, 0.15) is 6.42 Å². The lowest BCUT2D eigenvalue weighted by Crippen LogP contribution is -2.55. The van der Waals surface area contributed by atoms with E-state index in [1.54, 1.807) is 0 Å². The van der Waals surface area contributed by atoms with Crippen molar-refractivity contribution in [3.63, 3.8) is 0 Å². The summed E-state index contributed by atoms with van der Waals surface area (Å²) in [6.07, 6.45) is 1.23. The summed E-state index contributed by atoms with van der Waals surface area (Å²) >= 11 is 0. The Bertz CT molecular complexity index is 177. The Morgan fingerprint density at radius 3 is 3.00 bits per heavy atom. The van der Waals surface area contributed by atoms with E-state index in [9.17, 15) is 0 Å². The molecule has 0 aromatic heterocycles. The van der Waals surface area contributed by atoms with Gasteiger partial charge in [-0.2, -0.15) is 0 Å². The van der Waals surface area contributed by atoms with Crippen molar-refractivity contribution in [2.75, 3.05) is 39.9 Å². The van der Waals surface area contributed by atoms with Gasteiger partial charge in [0.25, 0.3) is 0 Å².